The quantitative estimate of drug-likeness (QED) is 0.430. The van der Waals surface area contributed by atoms with Crippen molar-refractivity contribution in [3.05, 3.63) is 11.1 Å². The number of anilines is 1. The van der Waals surface area contributed by atoms with Crippen molar-refractivity contribution in [2.75, 3.05) is 5.32 Å². The molecule has 0 saturated carbocycles. The molecule has 0 aliphatic carbocycles. The molecular weight excluding hydrogens is 205 g/mol. The van der Waals surface area contributed by atoms with Gasteiger partial charge in [-0.15, -0.1) is 11.3 Å². The Morgan fingerprint density at radius 2 is 2.50 bits per heavy atom. The number of carboxylic acid groups (broad SMARTS) is 1. The van der Waals surface area contributed by atoms with Gasteiger partial charge in [0.25, 0.3) is 0 Å². The van der Waals surface area contributed by atoms with Gasteiger partial charge in [0.15, 0.2) is 13.1 Å². The van der Waals surface area contributed by atoms with Crippen LogP contribution in [-0.2, 0) is 9.59 Å². The largest absolute Gasteiger partial charge is 0.480 e. The first-order chi connectivity index (χ1) is 6.69. The number of aromatic nitrogens is 1. The Morgan fingerprint density at radius 3 is 3.00 bits per heavy atom. The number of nitrogens with zero attached hydrogens (tertiary/aromatic N) is 1. The van der Waals surface area contributed by atoms with Crippen LogP contribution < -0.4 is 10.5 Å². The molecule has 1 unspecified atom stereocenters. The van der Waals surface area contributed by atoms with E-state index in [-0.39, 0.29) is 0 Å². The van der Waals surface area contributed by atoms with Crippen molar-refractivity contribution in [3.8, 4) is 0 Å². The maximum Gasteiger partial charge on any atom is 0.325 e. The Balaban J connectivity index is 2.83. The number of amides is 1. The van der Waals surface area contributed by atoms with Gasteiger partial charge in [0.2, 0.25) is 6.41 Å². The lowest BCUT2D eigenvalue weighted by atomic mass is 10.2. The van der Waals surface area contributed by atoms with E-state index in [9.17, 15) is 9.59 Å². The van der Waals surface area contributed by atoms with Crippen molar-refractivity contribution in [1.29, 1.82) is 0 Å². The van der Waals surface area contributed by atoms with Crippen molar-refractivity contribution in [1.82, 2.24) is 10.2 Å². The number of rotatable bonds is 5. The summed E-state index contributed by atoms with van der Waals surface area (Å²) in [6, 6.07) is -0.839. The first kappa shape index (κ1) is 10.7. The summed E-state index contributed by atoms with van der Waals surface area (Å²) < 4.78 is 0. The van der Waals surface area contributed by atoms with E-state index in [2.05, 4.69) is 15.5 Å². The highest BCUT2D eigenvalue weighted by molar-refractivity contribution is 7.13. The molecule has 0 radical (unpaired) electrons. The maximum absolute atomic E-state index is 10.7. The molecule has 1 rings (SSSR count). The number of hydrogen-bond acceptors (Lipinski definition) is 5. The van der Waals surface area contributed by atoms with Gasteiger partial charge >= 0.3 is 5.97 Å². The lowest BCUT2D eigenvalue weighted by molar-refractivity contribution is -0.139. The maximum atomic E-state index is 10.7. The van der Waals surface area contributed by atoms with Crippen LogP contribution in [0.4, 0.5) is 5.13 Å². The van der Waals surface area contributed by atoms with Crippen LogP contribution in [0.2, 0.25) is 0 Å². The predicted molar refractivity (Wildman–Crippen MR) is 53.9 cm³/mol. The minimum absolute atomic E-state index is 0.384. The predicted octanol–water partition coefficient (Wildman–Crippen LogP) is -1.03. The third kappa shape index (κ3) is 2.30. The van der Waals surface area contributed by atoms with E-state index in [1.807, 2.05) is 0 Å². The van der Waals surface area contributed by atoms with Crippen LogP contribution in [-0.4, -0.2) is 30.5 Å². The first-order valence-corrected chi connectivity index (χ1v) is 4.62. The van der Waals surface area contributed by atoms with E-state index in [1.165, 1.54) is 19.3 Å². The molecule has 1 amide bonds. The number of hydrogen-bond donors (Lipinski definition) is 3. The lowest BCUT2D eigenvalue weighted by Crippen LogP contribution is -2.26. The van der Waals surface area contributed by atoms with Crippen LogP contribution in [0, 0.1) is 0 Å². The summed E-state index contributed by atoms with van der Waals surface area (Å²) in [5.41, 5.74) is 0.384. The normalized spacial score (nSPS) is 12.0. The molecule has 0 aromatic carbocycles. The second-order valence-electron chi connectivity index (χ2n) is 2.40. The summed E-state index contributed by atoms with van der Waals surface area (Å²) in [4.78, 5) is 24.7. The van der Waals surface area contributed by atoms with E-state index in [1.54, 1.807) is 5.38 Å². The lowest BCUT2D eigenvalue weighted by Gasteiger charge is -2.06. The Kier molecular flexibility index (Phi) is 3.60. The van der Waals surface area contributed by atoms with Gasteiger partial charge in [-0.2, -0.15) is 0 Å². The Bertz CT molecular complexity index is 343. The van der Waals surface area contributed by atoms with Gasteiger partial charge in [-0.3, -0.25) is 9.59 Å². The fraction of sp³-hybridized carbons (Fsp3) is 0.167. The Morgan fingerprint density at radius 1 is 1.79 bits per heavy atom. The molecule has 1 atom stereocenters. The molecule has 0 aliphatic heterocycles. The molecule has 74 valence electrons. The number of carboxylic acids is 1. The van der Waals surface area contributed by atoms with Crippen LogP contribution in [0.15, 0.2) is 5.38 Å². The topological polar surface area (TPSA) is 91.3 Å². The first-order valence-electron chi connectivity index (χ1n) is 3.74. The van der Waals surface area contributed by atoms with Crippen molar-refractivity contribution >= 4 is 36.8 Å². The summed E-state index contributed by atoms with van der Waals surface area (Å²) in [6.07, 6.45) is 0.498. The molecule has 0 spiro atoms. The summed E-state index contributed by atoms with van der Waals surface area (Å²) >= 11 is 1.18. The Hall–Kier alpha value is -1.41. The van der Waals surface area contributed by atoms with Crippen molar-refractivity contribution in [2.24, 2.45) is 0 Å². The van der Waals surface area contributed by atoms with Crippen molar-refractivity contribution < 1.29 is 14.7 Å². The molecule has 3 N–H and O–H groups in total. The number of nitrogens with one attached hydrogen (secondary N) is 2. The molecule has 14 heavy (non-hydrogen) atoms. The second kappa shape index (κ2) is 4.73. The zero-order valence-electron chi connectivity index (χ0n) is 7.35. The fourth-order valence-electron chi connectivity index (χ4n) is 0.933. The average molecular weight is 213 g/mol. The second-order valence-corrected chi connectivity index (χ2v) is 3.26. The van der Waals surface area contributed by atoms with Gasteiger partial charge in [0, 0.05) is 5.38 Å². The average Bonchev–Trinajstić information content (AvgIpc) is 2.54. The minimum atomic E-state index is -1.00. The molecule has 8 heteroatoms. The van der Waals surface area contributed by atoms with Crippen LogP contribution in [0.25, 0.3) is 0 Å². The summed E-state index contributed by atoms with van der Waals surface area (Å²) in [5, 5.41) is 15.7. The highest BCUT2D eigenvalue weighted by Crippen LogP contribution is 2.19. The molecular formula is C6H8BN3O3S. The van der Waals surface area contributed by atoms with Crippen LogP contribution in [0.5, 0.6) is 0 Å². The van der Waals surface area contributed by atoms with E-state index < -0.39 is 12.0 Å². The van der Waals surface area contributed by atoms with E-state index >= 15 is 0 Å². The molecule has 1 aromatic rings. The van der Waals surface area contributed by atoms with Gasteiger partial charge in [-0.05, 0) is 0 Å². The highest BCUT2D eigenvalue weighted by atomic mass is 32.1. The third-order valence-electron chi connectivity index (χ3n) is 1.54. The SMILES string of the molecule is BNC(C(=O)O)c1csc(NC=O)n1. The third-order valence-corrected chi connectivity index (χ3v) is 2.33. The molecule has 0 aliphatic rings. The monoisotopic (exact) mass is 213 g/mol. The highest BCUT2D eigenvalue weighted by Gasteiger charge is 2.19. The smallest absolute Gasteiger partial charge is 0.325 e. The van der Waals surface area contributed by atoms with Crippen LogP contribution >= 0.6 is 11.3 Å². The molecule has 0 fully saturated rings. The van der Waals surface area contributed by atoms with E-state index in [4.69, 9.17) is 5.11 Å². The summed E-state index contributed by atoms with van der Waals surface area (Å²) in [5.74, 6) is -1.00. The fourth-order valence-corrected chi connectivity index (χ4v) is 1.63. The zero-order chi connectivity index (χ0) is 10.6. The van der Waals surface area contributed by atoms with Gasteiger partial charge in [0.1, 0.15) is 6.04 Å². The summed E-state index contributed by atoms with van der Waals surface area (Å²) in [6.45, 7) is 0. The van der Waals surface area contributed by atoms with Gasteiger partial charge in [-0.1, -0.05) is 0 Å². The number of thiazole rings is 1. The standard InChI is InChI=1S/C6H8BN3O3S/c7-10-4(5(12)13)3-1-14-6(9-3)8-2-11/h1-2,4,10H,7H2,(H,12,13)(H,8,9,11). The van der Waals surface area contributed by atoms with E-state index in [0.29, 0.717) is 17.2 Å². The molecule has 6 nitrogen and oxygen atoms in total. The van der Waals surface area contributed by atoms with Crippen molar-refractivity contribution in [2.45, 2.75) is 6.04 Å². The number of carbonyl (C=O) groups excluding carboxylic acids is 1. The van der Waals surface area contributed by atoms with E-state index in [0.717, 1.165) is 0 Å². The minimum Gasteiger partial charge on any atom is -0.480 e. The zero-order valence-corrected chi connectivity index (χ0v) is 8.17. The number of carbonyl (C=O) groups is 2. The molecule has 1 heterocycles. The van der Waals surface area contributed by atoms with Crippen molar-refractivity contribution in [3.63, 3.8) is 0 Å². The molecule has 1 aromatic heterocycles. The number of aliphatic carboxylic acids is 1. The van der Waals surface area contributed by atoms with Gasteiger partial charge < -0.3 is 15.7 Å². The Labute approximate surface area is 84.8 Å². The summed E-state index contributed by atoms with van der Waals surface area (Å²) in [7, 11) is 1.53. The van der Waals surface area contributed by atoms with Crippen LogP contribution in [0.1, 0.15) is 11.7 Å². The van der Waals surface area contributed by atoms with Gasteiger partial charge in [-0.25, -0.2) is 4.98 Å². The molecule has 0 saturated heterocycles. The van der Waals surface area contributed by atoms with Crippen LogP contribution in [0.3, 0.4) is 0 Å². The van der Waals surface area contributed by atoms with Gasteiger partial charge in [0.05, 0.1) is 5.69 Å². The molecule has 0 bridgehead atoms.